The number of nitrogens with zero attached hydrogens (tertiary/aromatic N) is 1. The Morgan fingerprint density at radius 2 is 2.00 bits per heavy atom. The molecular formula is C12H19N3. The van der Waals surface area contributed by atoms with Crippen molar-refractivity contribution in [1.82, 2.24) is 5.32 Å². The van der Waals surface area contributed by atoms with Gasteiger partial charge < -0.3 is 15.5 Å². The number of likely N-dealkylation sites (N-methyl/N-ethyl adjacent to an activating group) is 2. The highest BCUT2D eigenvalue weighted by Gasteiger charge is 2.25. The summed E-state index contributed by atoms with van der Waals surface area (Å²) in [4.78, 5) is 2.29. The van der Waals surface area contributed by atoms with Gasteiger partial charge in [-0.1, -0.05) is 0 Å². The lowest BCUT2D eigenvalue weighted by molar-refractivity contribution is 0.661. The van der Waals surface area contributed by atoms with E-state index in [2.05, 4.69) is 48.6 Å². The van der Waals surface area contributed by atoms with Gasteiger partial charge in [-0.15, -0.1) is 0 Å². The fraction of sp³-hybridized carbons (Fsp3) is 0.500. The lowest BCUT2D eigenvalue weighted by atomic mass is 10.1. The summed E-state index contributed by atoms with van der Waals surface area (Å²) in [6, 6.07) is 4.49. The first kappa shape index (κ1) is 10.3. The molecule has 0 saturated carbocycles. The third-order valence-electron chi connectivity index (χ3n) is 3.18. The Labute approximate surface area is 91.5 Å². The lowest BCUT2D eigenvalue weighted by Crippen LogP contribution is -2.40. The fourth-order valence-corrected chi connectivity index (χ4v) is 2.03. The zero-order valence-electron chi connectivity index (χ0n) is 9.89. The van der Waals surface area contributed by atoms with Gasteiger partial charge in [-0.05, 0) is 44.2 Å². The van der Waals surface area contributed by atoms with Crippen molar-refractivity contribution in [2.24, 2.45) is 0 Å². The van der Waals surface area contributed by atoms with Crippen LogP contribution in [0.2, 0.25) is 0 Å². The molecule has 3 heteroatoms. The van der Waals surface area contributed by atoms with E-state index in [-0.39, 0.29) is 0 Å². The van der Waals surface area contributed by atoms with Gasteiger partial charge in [0.2, 0.25) is 0 Å². The smallest absolute Gasteiger partial charge is 0.112 e. The van der Waals surface area contributed by atoms with E-state index < -0.39 is 0 Å². The highest BCUT2D eigenvalue weighted by molar-refractivity contribution is 5.77. The molecule has 0 bridgehead atoms. The molecule has 0 radical (unpaired) electrons. The molecule has 2 N–H and O–H groups in total. The molecular weight excluding hydrogens is 186 g/mol. The van der Waals surface area contributed by atoms with Gasteiger partial charge in [0.05, 0.1) is 11.4 Å². The van der Waals surface area contributed by atoms with Crippen molar-refractivity contribution in [1.29, 1.82) is 0 Å². The molecule has 1 heterocycles. The van der Waals surface area contributed by atoms with Crippen LogP contribution in [0.5, 0.6) is 0 Å². The number of rotatable bonds is 2. The second-order valence-corrected chi connectivity index (χ2v) is 4.28. The first-order valence-corrected chi connectivity index (χ1v) is 5.38. The van der Waals surface area contributed by atoms with E-state index in [0.717, 1.165) is 6.54 Å². The molecule has 0 amide bonds. The van der Waals surface area contributed by atoms with E-state index in [1.165, 1.54) is 22.5 Å². The molecule has 82 valence electrons. The largest absolute Gasteiger partial charge is 0.362 e. The van der Waals surface area contributed by atoms with E-state index in [0.29, 0.717) is 6.17 Å². The van der Waals surface area contributed by atoms with Gasteiger partial charge in [0.15, 0.2) is 0 Å². The van der Waals surface area contributed by atoms with Crippen LogP contribution in [-0.2, 0) is 0 Å². The molecule has 1 aliphatic rings. The van der Waals surface area contributed by atoms with Gasteiger partial charge >= 0.3 is 0 Å². The second kappa shape index (κ2) is 3.74. The molecule has 1 atom stereocenters. The molecule has 1 unspecified atom stereocenters. The second-order valence-electron chi connectivity index (χ2n) is 4.28. The lowest BCUT2D eigenvalue weighted by Gasteiger charge is -2.21. The maximum Gasteiger partial charge on any atom is 0.112 e. The first-order valence-electron chi connectivity index (χ1n) is 5.38. The van der Waals surface area contributed by atoms with Gasteiger partial charge in [-0.2, -0.15) is 0 Å². The highest BCUT2D eigenvalue weighted by atomic mass is 15.3. The molecule has 0 aromatic heterocycles. The summed E-state index contributed by atoms with van der Waals surface area (Å²) >= 11 is 0. The number of benzene rings is 1. The number of hydrogen-bond acceptors (Lipinski definition) is 3. The van der Waals surface area contributed by atoms with Crippen molar-refractivity contribution < 1.29 is 0 Å². The third kappa shape index (κ3) is 1.67. The summed E-state index contributed by atoms with van der Waals surface area (Å²) in [5.41, 5.74) is 5.26. The van der Waals surface area contributed by atoms with Crippen LogP contribution < -0.4 is 15.5 Å². The number of nitrogens with one attached hydrogen (secondary N) is 2. The SMILES string of the molecule is CNCC1Nc2cc(C)c(C)cc2N1C. The van der Waals surface area contributed by atoms with Crippen molar-refractivity contribution in [3.63, 3.8) is 0 Å². The Bertz CT molecular complexity index is 373. The number of fused-ring (bicyclic) bond motifs is 1. The molecule has 1 aromatic carbocycles. The van der Waals surface area contributed by atoms with Crippen molar-refractivity contribution in [3.8, 4) is 0 Å². The monoisotopic (exact) mass is 205 g/mol. The Hall–Kier alpha value is -1.22. The van der Waals surface area contributed by atoms with Crippen LogP contribution >= 0.6 is 0 Å². The quantitative estimate of drug-likeness (QED) is 0.769. The average molecular weight is 205 g/mol. The van der Waals surface area contributed by atoms with Gasteiger partial charge in [-0.3, -0.25) is 0 Å². The first-order chi connectivity index (χ1) is 7.13. The van der Waals surface area contributed by atoms with Crippen molar-refractivity contribution in [2.45, 2.75) is 20.0 Å². The van der Waals surface area contributed by atoms with Crippen molar-refractivity contribution >= 4 is 11.4 Å². The summed E-state index contributed by atoms with van der Waals surface area (Å²) < 4.78 is 0. The molecule has 3 nitrogen and oxygen atoms in total. The van der Waals surface area contributed by atoms with Crippen LogP contribution in [0.4, 0.5) is 11.4 Å². The molecule has 1 aromatic rings. The summed E-state index contributed by atoms with van der Waals surface area (Å²) in [5, 5.41) is 6.72. The number of anilines is 2. The molecule has 15 heavy (non-hydrogen) atoms. The molecule has 0 aliphatic carbocycles. The van der Waals surface area contributed by atoms with E-state index >= 15 is 0 Å². The summed E-state index contributed by atoms with van der Waals surface area (Å²) in [5.74, 6) is 0. The van der Waals surface area contributed by atoms with Crippen LogP contribution in [0, 0.1) is 13.8 Å². The summed E-state index contributed by atoms with van der Waals surface area (Å²) in [6.07, 6.45) is 0.367. The molecule has 0 spiro atoms. The molecule has 2 rings (SSSR count). The minimum atomic E-state index is 0.367. The number of aryl methyl sites for hydroxylation is 2. The predicted octanol–water partition coefficient (Wildman–Crippen LogP) is 1.71. The maximum absolute atomic E-state index is 3.52. The third-order valence-corrected chi connectivity index (χ3v) is 3.18. The normalized spacial score (nSPS) is 18.9. The molecule has 0 saturated heterocycles. The fourth-order valence-electron chi connectivity index (χ4n) is 2.03. The Morgan fingerprint density at radius 3 is 2.67 bits per heavy atom. The Balaban J connectivity index is 2.33. The van der Waals surface area contributed by atoms with Crippen LogP contribution in [0.25, 0.3) is 0 Å². The molecule has 1 aliphatic heterocycles. The topological polar surface area (TPSA) is 27.3 Å². The van der Waals surface area contributed by atoms with E-state index in [4.69, 9.17) is 0 Å². The minimum Gasteiger partial charge on any atom is -0.362 e. The standard InChI is InChI=1S/C12H19N3/c1-8-5-10-11(6-9(8)2)15(4)12(14-10)7-13-3/h5-6,12-14H,7H2,1-4H3. The van der Waals surface area contributed by atoms with Gasteiger partial charge in [0, 0.05) is 13.6 Å². The van der Waals surface area contributed by atoms with E-state index in [1.807, 2.05) is 7.05 Å². The van der Waals surface area contributed by atoms with E-state index in [9.17, 15) is 0 Å². The van der Waals surface area contributed by atoms with Crippen LogP contribution in [0.1, 0.15) is 11.1 Å². The van der Waals surface area contributed by atoms with E-state index in [1.54, 1.807) is 0 Å². The van der Waals surface area contributed by atoms with Crippen LogP contribution in [-0.4, -0.2) is 26.8 Å². The summed E-state index contributed by atoms with van der Waals surface area (Å²) in [7, 11) is 4.12. The zero-order valence-corrected chi connectivity index (χ0v) is 9.89. The Morgan fingerprint density at radius 1 is 1.33 bits per heavy atom. The zero-order chi connectivity index (χ0) is 11.0. The van der Waals surface area contributed by atoms with Crippen LogP contribution in [0.15, 0.2) is 12.1 Å². The molecule has 0 fully saturated rings. The predicted molar refractivity (Wildman–Crippen MR) is 65.7 cm³/mol. The summed E-state index contributed by atoms with van der Waals surface area (Å²) in [6.45, 7) is 5.26. The average Bonchev–Trinajstić information content (AvgIpc) is 2.47. The minimum absolute atomic E-state index is 0.367. The van der Waals surface area contributed by atoms with Crippen molar-refractivity contribution in [2.75, 3.05) is 30.9 Å². The highest BCUT2D eigenvalue weighted by Crippen LogP contribution is 2.35. The number of hydrogen-bond donors (Lipinski definition) is 2. The Kier molecular flexibility index (Phi) is 2.57. The van der Waals surface area contributed by atoms with Crippen LogP contribution in [0.3, 0.4) is 0 Å². The maximum atomic E-state index is 3.52. The van der Waals surface area contributed by atoms with Gasteiger partial charge in [0.25, 0.3) is 0 Å². The van der Waals surface area contributed by atoms with Gasteiger partial charge in [0.1, 0.15) is 6.17 Å². The van der Waals surface area contributed by atoms with Gasteiger partial charge in [-0.25, -0.2) is 0 Å². The van der Waals surface area contributed by atoms with Crippen molar-refractivity contribution in [3.05, 3.63) is 23.3 Å².